The molecule has 1 N–H and O–H groups in total. The number of aliphatic carboxylic acids is 1. The topological polar surface area (TPSA) is 66.8 Å². The largest absolute Gasteiger partial charge is 0.481 e. The molecule has 1 aliphatic heterocycles. The van der Waals surface area contributed by atoms with E-state index >= 15 is 0 Å². The fourth-order valence-corrected chi connectivity index (χ4v) is 3.18. The van der Waals surface area contributed by atoms with Gasteiger partial charge in [-0.15, -0.1) is 0 Å². The number of halogens is 1. The summed E-state index contributed by atoms with van der Waals surface area (Å²) in [6.45, 7) is 1.44. The molecule has 1 aliphatic carbocycles. The van der Waals surface area contributed by atoms with E-state index in [4.69, 9.17) is 21.4 Å². The van der Waals surface area contributed by atoms with Gasteiger partial charge in [0.25, 0.3) is 0 Å². The number of carboxylic acid groups (broad SMARTS) is 1. The Labute approximate surface area is 133 Å². The maximum atomic E-state index is 12.5. The summed E-state index contributed by atoms with van der Waals surface area (Å²) in [6.07, 6.45) is 1.08. The lowest BCUT2D eigenvalue weighted by Crippen LogP contribution is -2.50. The molecule has 1 amide bonds. The summed E-state index contributed by atoms with van der Waals surface area (Å²) in [5, 5.41) is 9.76. The molecule has 2 aliphatic rings. The number of carboxylic acids is 1. The average molecular weight is 324 g/mol. The van der Waals surface area contributed by atoms with E-state index in [1.54, 1.807) is 17.0 Å². The highest BCUT2D eigenvalue weighted by atomic mass is 35.5. The summed E-state index contributed by atoms with van der Waals surface area (Å²) in [5.74, 6) is -1.82. The molecular formula is C16H18ClNO4. The van der Waals surface area contributed by atoms with Gasteiger partial charge in [-0.05, 0) is 30.5 Å². The number of nitrogens with zero attached hydrogens (tertiary/aromatic N) is 1. The molecule has 5 nitrogen and oxygen atoms in total. The van der Waals surface area contributed by atoms with Gasteiger partial charge in [0.1, 0.15) is 6.10 Å². The van der Waals surface area contributed by atoms with Crippen molar-refractivity contribution in [1.29, 1.82) is 0 Å². The number of carbonyl (C=O) groups excluding carboxylic acids is 1. The number of ether oxygens (including phenoxy) is 1. The normalized spacial score (nSPS) is 28.0. The van der Waals surface area contributed by atoms with Crippen LogP contribution in [0, 0.1) is 11.8 Å². The lowest BCUT2D eigenvalue weighted by Gasteiger charge is -2.39. The van der Waals surface area contributed by atoms with Crippen LogP contribution in [0.15, 0.2) is 24.3 Å². The van der Waals surface area contributed by atoms with Crippen molar-refractivity contribution < 1.29 is 19.4 Å². The molecule has 3 unspecified atom stereocenters. The third-order valence-electron chi connectivity index (χ3n) is 4.53. The molecule has 3 rings (SSSR count). The zero-order valence-electron chi connectivity index (χ0n) is 12.1. The van der Waals surface area contributed by atoms with Crippen LogP contribution in [0.4, 0.5) is 0 Å². The first kappa shape index (κ1) is 15.3. The van der Waals surface area contributed by atoms with Gasteiger partial charge >= 0.3 is 5.97 Å². The second kappa shape index (κ2) is 6.26. The standard InChI is InChI=1S/C16H18ClNO4/c17-11-3-1-10(2-4-11)14-9-18(7-8-22-14)15(19)12-5-6-13(12)16(20)21/h1-4,12-14H,5-9H2,(H,20,21). The van der Waals surface area contributed by atoms with Crippen molar-refractivity contribution in [1.82, 2.24) is 4.90 Å². The monoisotopic (exact) mass is 323 g/mol. The number of hydrogen-bond acceptors (Lipinski definition) is 3. The minimum absolute atomic E-state index is 0.0547. The summed E-state index contributed by atoms with van der Waals surface area (Å²) in [4.78, 5) is 25.3. The van der Waals surface area contributed by atoms with Gasteiger partial charge in [0.2, 0.25) is 5.91 Å². The smallest absolute Gasteiger partial charge is 0.307 e. The van der Waals surface area contributed by atoms with Crippen LogP contribution in [0.3, 0.4) is 0 Å². The third kappa shape index (κ3) is 2.96. The molecule has 1 heterocycles. The summed E-state index contributed by atoms with van der Waals surface area (Å²) in [7, 11) is 0. The van der Waals surface area contributed by atoms with Gasteiger partial charge in [0.15, 0.2) is 0 Å². The molecule has 1 aromatic rings. The SMILES string of the molecule is O=C(O)C1CCC1C(=O)N1CCOC(c2ccc(Cl)cc2)C1. The minimum Gasteiger partial charge on any atom is -0.481 e. The molecule has 118 valence electrons. The van der Waals surface area contributed by atoms with E-state index in [0.717, 1.165) is 5.56 Å². The van der Waals surface area contributed by atoms with E-state index in [1.807, 2.05) is 12.1 Å². The van der Waals surface area contributed by atoms with Gasteiger partial charge in [0.05, 0.1) is 25.0 Å². The van der Waals surface area contributed by atoms with Crippen LogP contribution in [-0.4, -0.2) is 41.6 Å². The van der Waals surface area contributed by atoms with Crippen molar-refractivity contribution in [3.63, 3.8) is 0 Å². The van der Waals surface area contributed by atoms with Crippen LogP contribution in [0.2, 0.25) is 5.02 Å². The molecule has 0 radical (unpaired) electrons. The summed E-state index contributed by atoms with van der Waals surface area (Å²) < 4.78 is 5.74. The van der Waals surface area contributed by atoms with Gasteiger partial charge in [0, 0.05) is 11.6 Å². The van der Waals surface area contributed by atoms with Gasteiger partial charge in [-0.3, -0.25) is 9.59 Å². The maximum absolute atomic E-state index is 12.5. The minimum atomic E-state index is -0.868. The Kier molecular flexibility index (Phi) is 4.36. The molecule has 1 aromatic carbocycles. The first-order valence-corrected chi connectivity index (χ1v) is 7.82. The zero-order valence-corrected chi connectivity index (χ0v) is 12.8. The molecular weight excluding hydrogens is 306 g/mol. The van der Waals surface area contributed by atoms with Crippen LogP contribution in [0.1, 0.15) is 24.5 Å². The Morgan fingerprint density at radius 2 is 1.86 bits per heavy atom. The first-order chi connectivity index (χ1) is 10.6. The average Bonchev–Trinajstić information content (AvgIpc) is 2.46. The molecule has 22 heavy (non-hydrogen) atoms. The number of hydrogen-bond donors (Lipinski definition) is 1. The Hall–Kier alpha value is -1.59. The van der Waals surface area contributed by atoms with Gasteiger partial charge < -0.3 is 14.7 Å². The predicted molar refractivity (Wildman–Crippen MR) is 80.6 cm³/mol. The lowest BCUT2D eigenvalue weighted by molar-refractivity contribution is -0.160. The van der Waals surface area contributed by atoms with E-state index in [0.29, 0.717) is 37.6 Å². The molecule has 0 spiro atoms. The fourth-order valence-electron chi connectivity index (χ4n) is 3.05. The number of benzene rings is 1. The fraction of sp³-hybridized carbons (Fsp3) is 0.500. The predicted octanol–water partition coefficient (Wildman–Crippen LogP) is 2.35. The zero-order chi connectivity index (χ0) is 15.7. The molecule has 0 aromatic heterocycles. The number of carbonyl (C=O) groups is 2. The van der Waals surface area contributed by atoms with Crippen molar-refractivity contribution in [2.75, 3.05) is 19.7 Å². The maximum Gasteiger partial charge on any atom is 0.307 e. The Bertz CT molecular complexity index is 574. The van der Waals surface area contributed by atoms with Crippen LogP contribution in [0.5, 0.6) is 0 Å². The van der Waals surface area contributed by atoms with E-state index in [2.05, 4.69) is 0 Å². The molecule has 1 saturated heterocycles. The second-order valence-corrected chi connectivity index (χ2v) is 6.26. The number of morpholine rings is 1. The molecule has 6 heteroatoms. The van der Waals surface area contributed by atoms with Crippen LogP contribution in [-0.2, 0) is 14.3 Å². The van der Waals surface area contributed by atoms with Gasteiger partial charge in [-0.2, -0.15) is 0 Å². The van der Waals surface area contributed by atoms with E-state index < -0.39 is 11.9 Å². The van der Waals surface area contributed by atoms with Gasteiger partial charge in [-0.1, -0.05) is 23.7 Å². The summed E-state index contributed by atoms with van der Waals surface area (Å²) >= 11 is 5.88. The summed E-state index contributed by atoms with van der Waals surface area (Å²) in [5.41, 5.74) is 0.977. The molecule has 0 bridgehead atoms. The van der Waals surface area contributed by atoms with Crippen LogP contribution in [0.25, 0.3) is 0 Å². The van der Waals surface area contributed by atoms with Crippen molar-refractivity contribution in [3.05, 3.63) is 34.9 Å². The van der Waals surface area contributed by atoms with Crippen LogP contribution >= 0.6 is 11.6 Å². The molecule has 3 atom stereocenters. The summed E-state index contributed by atoms with van der Waals surface area (Å²) in [6, 6.07) is 7.38. The molecule has 2 fully saturated rings. The Morgan fingerprint density at radius 1 is 1.18 bits per heavy atom. The third-order valence-corrected chi connectivity index (χ3v) is 4.78. The van der Waals surface area contributed by atoms with Crippen molar-refractivity contribution >= 4 is 23.5 Å². The first-order valence-electron chi connectivity index (χ1n) is 7.45. The highest BCUT2D eigenvalue weighted by molar-refractivity contribution is 6.30. The van der Waals surface area contributed by atoms with E-state index in [1.165, 1.54) is 0 Å². The quantitative estimate of drug-likeness (QED) is 0.927. The van der Waals surface area contributed by atoms with Crippen molar-refractivity contribution in [3.8, 4) is 0 Å². The second-order valence-electron chi connectivity index (χ2n) is 5.82. The van der Waals surface area contributed by atoms with Crippen molar-refractivity contribution in [2.24, 2.45) is 11.8 Å². The Morgan fingerprint density at radius 3 is 2.45 bits per heavy atom. The van der Waals surface area contributed by atoms with Crippen LogP contribution < -0.4 is 0 Å². The van der Waals surface area contributed by atoms with Gasteiger partial charge in [-0.25, -0.2) is 0 Å². The number of amides is 1. The Balaban J connectivity index is 1.66. The molecule has 1 saturated carbocycles. The number of rotatable bonds is 3. The lowest BCUT2D eigenvalue weighted by atomic mass is 9.73. The van der Waals surface area contributed by atoms with E-state index in [-0.39, 0.29) is 17.9 Å². The van der Waals surface area contributed by atoms with E-state index in [9.17, 15) is 9.59 Å². The highest BCUT2D eigenvalue weighted by Crippen LogP contribution is 2.37. The highest BCUT2D eigenvalue weighted by Gasteiger charge is 2.44. The van der Waals surface area contributed by atoms with Crippen molar-refractivity contribution in [2.45, 2.75) is 18.9 Å².